The van der Waals surface area contributed by atoms with Crippen molar-refractivity contribution in [3.8, 4) is 5.75 Å². The maximum Gasteiger partial charge on any atom is 0.196 e. The minimum atomic E-state index is 0.226. The highest BCUT2D eigenvalue weighted by Gasteiger charge is 2.21. The van der Waals surface area contributed by atoms with Crippen molar-refractivity contribution in [3.05, 3.63) is 24.1 Å². The summed E-state index contributed by atoms with van der Waals surface area (Å²) in [5, 5.41) is 13.4. The topological polar surface area (TPSA) is 58.3 Å². The Kier molecular flexibility index (Phi) is 1.89. The van der Waals surface area contributed by atoms with Crippen LogP contribution in [0, 0.1) is 0 Å². The van der Waals surface area contributed by atoms with Gasteiger partial charge in [0.05, 0.1) is 0 Å². The van der Waals surface area contributed by atoms with Gasteiger partial charge in [-0.05, 0) is 25.5 Å². The first kappa shape index (κ1) is 8.73. The van der Waals surface area contributed by atoms with E-state index in [1.807, 2.05) is 12.1 Å². The number of hydrogen-bond donors (Lipinski definition) is 2. The number of fused-ring (bicyclic) bond motifs is 1. The number of rotatable bonds is 1. The van der Waals surface area contributed by atoms with E-state index in [0.29, 0.717) is 11.1 Å². The van der Waals surface area contributed by atoms with Crippen molar-refractivity contribution < 1.29 is 9.52 Å². The fourth-order valence-corrected chi connectivity index (χ4v) is 2.16. The van der Waals surface area contributed by atoms with Gasteiger partial charge in [-0.3, -0.25) is 0 Å². The smallest absolute Gasteiger partial charge is 0.196 e. The van der Waals surface area contributed by atoms with Crippen molar-refractivity contribution in [3.63, 3.8) is 0 Å². The first-order valence-corrected chi connectivity index (χ1v) is 5.15. The van der Waals surface area contributed by atoms with Gasteiger partial charge in [0.2, 0.25) is 0 Å². The number of hydrogen-bond acceptors (Lipinski definition) is 4. The number of phenols is 1. The monoisotopic (exact) mass is 204 g/mol. The third-order valence-corrected chi connectivity index (χ3v) is 2.94. The Morgan fingerprint density at radius 1 is 1.47 bits per heavy atom. The Morgan fingerprint density at radius 2 is 2.40 bits per heavy atom. The maximum absolute atomic E-state index is 10.0. The molecule has 4 nitrogen and oxygen atoms in total. The van der Waals surface area contributed by atoms with Gasteiger partial charge < -0.3 is 14.8 Å². The van der Waals surface area contributed by atoms with Crippen LogP contribution in [0.25, 0.3) is 11.1 Å². The van der Waals surface area contributed by atoms with E-state index in [4.69, 9.17) is 4.42 Å². The number of benzene rings is 1. The van der Waals surface area contributed by atoms with Crippen LogP contribution in [0.2, 0.25) is 0 Å². The van der Waals surface area contributed by atoms with Crippen molar-refractivity contribution in [2.75, 3.05) is 6.54 Å². The maximum atomic E-state index is 10.0. The molecule has 1 saturated heterocycles. The fraction of sp³-hybridized carbons (Fsp3) is 0.364. The molecule has 1 unspecified atom stereocenters. The van der Waals surface area contributed by atoms with Crippen LogP contribution in [0.3, 0.4) is 0 Å². The molecule has 3 rings (SSSR count). The minimum Gasteiger partial charge on any atom is -0.504 e. The van der Waals surface area contributed by atoms with Crippen molar-refractivity contribution in [2.45, 2.75) is 18.9 Å². The average Bonchev–Trinajstić information content (AvgIpc) is 2.87. The van der Waals surface area contributed by atoms with Gasteiger partial charge in [-0.15, -0.1) is 0 Å². The molecule has 78 valence electrons. The summed E-state index contributed by atoms with van der Waals surface area (Å²) in [5.74, 6) is 0.226. The van der Waals surface area contributed by atoms with Crippen LogP contribution in [0.5, 0.6) is 5.75 Å². The first-order valence-electron chi connectivity index (χ1n) is 5.15. The van der Waals surface area contributed by atoms with E-state index in [1.165, 1.54) is 6.39 Å². The molecule has 15 heavy (non-hydrogen) atoms. The predicted octanol–water partition coefficient (Wildman–Crippen LogP) is 1.96. The van der Waals surface area contributed by atoms with Crippen LogP contribution in [-0.2, 0) is 0 Å². The SMILES string of the molecule is Oc1c(C2CCCN2)ccc2ncoc12. The molecule has 4 heteroatoms. The summed E-state index contributed by atoms with van der Waals surface area (Å²) in [5.41, 5.74) is 2.10. The molecule has 2 heterocycles. The van der Waals surface area contributed by atoms with Crippen molar-refractivity contribution in [2.24, 2.45) is 0 Å². The molecule has 1 aromatic heterocycles. The van der Waals surface area contributed by atoms with E-state index in [2.05, 4.69) is 10.3 Å². The molecule has 0 bridgehead atoms. The number of phenolic OH excluding ortho intramolecular Hbond substituents is 1. The van der Waals surface area contributed by atoms with Gasteiger partial charge >= 0.3 is 0 Å². The van der Waals surface area contributed by atoms with Gasteiger partial charge in [-0.1, -0.05) is 6.07 Å². The van der Waals surface area contributed by atoms with E-state index in [9.17, 15) is 5.11 Å². The number of nitrogens with one attached hydrogen (secondary N) is 1. The van der Waals surface area contributed by atoms with E-state index < -0.39 is 0 Å². The largest absolute Gasteiger partial charge is 0.504 e. The molecule has 1 fully saturated rings. The van der Waals surface area contributed by atoms with Gasteiger partial charge in [0.15, 0.2) is 17.7 Å². The summed E-state index contributed by atoms with van der Waals surface area (Å²) in [6.07, 6.45) is 3.57. The third-order valence-electron chi connectivity index (χ3n) is 2.94. The molecular formula is C11H12N2O2. The Balaban J connectivity index is 2.13. The molecule has 0 amide bonds. The van der Waals surface area contributed by atoms with Crippen molar-refractivity contribution >= 4 is 11.1 Å². The second kappa shape index (κ2) is 3.24. The van der Waals surface area contributed by atoms with Gasteiger partial charge in [0.25, 0.3) is 0 Å². The zero-order chi connectivity index (χ0) is 10.3. The molecule has 0 saturated carbocycles. The molecule has 1 aliphatic heterocycles. The summed E-state index contributed by atoms with van der Waals surface area (Å²) in [6, 6.07) is 4.05. The standard InChI is InChI=1S/C11H12N2O2/c14-10-7(8-2-1-5-12-8)3-4-9-11(10)15-6-13-9/h3-4,6,8,12,14H,1-2,5H2. The highest BCUT2D eigenvalue weighted by Crippen LogP contribution is 2.35. The molecule has 0 spiro atoms. The Labute approximate surface area is 86.9 Å². The van der Waals surface area contributed by atoms with Crippen LogP contribution in [0.1, 0.15) is 24.4 Å². The average molecular weight is 204 g/mol. The summed E-state index contributed by atoms with van der Waals surface area (Å²) in [6.45, 7) is 1.01. The van der Waals surface area contributed by atoms with E-state index in [-0.39, 0.29) is 11.8 Å². The third kappa shape index (κ3) is 1.29. The highest BCUT2D eigenvalue weighted by atomic mass is 16.4. The van der Waals surface area contributed by atoms with Crippen LogP contribution in [-0.4, -0.2) is 16.6 Å². The van der Waals surface area contributed by atoms with Gasteiger partial charge in [-0.2, -0.15) is 0 Å². The Bertz CT molecular complexity index is 486. The van der Waals surface area contributed by atoms with E-state index >= 15 is 0 Å². The molecule has 1 atom stereocenters. The quantitative estimate of drug-likeness (QED) is 0.745. The summed E-state index contributed by atoms with van der Waals surface area (Å²) < 4.78 is 5.16. The lowest BCUT2D eigenvalue weighted by Gasteiger charge is -2.11. The van der Waals surface area contributed by atoms with Gasteiger partial charge in [-0.25, -0.2) is 4.98 Å². The molecule has 0 radical (unpaired) electrons. The summed E-state index contributed by atoms with van der Waals surface area (Å²) in [4.78, 5) is 4.00. The second-order valence-corrected chi connectivity index (χ2v) is 3.85. The normalized spacial score (nSPS) is 21.2. The highest BCUT2D eigenvalue weighted by molar-refractivity contribution is 5.80. The zero-order valence-electron chi connectivity index (χ0n) is 8.23. The van der Waals surface area contributed by atoms with E-state index in [0.717, 1.165) is 24.9 Å². The molecule has 1 aromatic carbocycles. The fourth-order valence-electron chi connectivity index (χ4n) is 2.16. The predicted molar refractivity (Wildman–Crippen MR) is 55.7 cm³/mol. The van der Waals surface area contributed by atoms with Crippen molar-refractivity contribution in [1.29, 1.82) is 0 Å². The van der Waals surface area contributed by atoms with Crippen LogP contribution in [0.15, 0.2) is 22.9 Å². The number of aromatic hydroxyl groups is 1. The van der Waals surface area contributed by atoms with E-state index in [1.54, 1.807) is 0 Å². The Hall–Kier alpha value is -1.55. The van der Waals surface area contributed by atoms with Crippen LogP contribution >= 0.6 is 0 Å². The number of nitrogens with zero attached hydrogens (tertiary/aromatic N) is 1. The summed E-state index contributed by atoms with van der Waals surface area (Å²) in [7, 11) is 0. The lowest BCUT2D eigenvalue weighted by molar-refractivity contribution is 0.448. The first-order chi connectivity index (χ1) is 7.36. The van der Waals surface area contributed by atoms with Crippen LogP contribution in [0.4, 0.5) is 0 Å². The van der Waals surface area contributed by atoms with Crippen molar-refractivity contribution in [1.82, 2.24) is 10.3 Å². The number of oxazole rings is 1. The summed E-state index contributed by atoms with van der Waals surface area (Å²) >= 11 is 0. The Morgan fingerprint density at radius 3 is 3.20 bits per heavy atom. The molecule has 2 N–H and O–H groups in total. The number of aromatic nitrogens is 1. The molecule has 2 aromatic rings. The lowest BCUT2D eigenvalue weighted by atomic mass is 10.0. The van der Waals surface area contributed by atoms with Gasteiger partial charge in [0.1, 0.15) is 5.52 Å². The lowest BCUT2D eigenvalue weighted by Crippen LogP contribution is -2.12. The molecular weight excluding hydrogens is 192 g/mol. The molecule has 1 aliphatic rings. The van der Waals surface area contributed by atoms with Gasteiger partial charge in [0, 0.05) is 11.6 Å². The zero-order valence-corrected chi connectivity index (χ0v) is 8.23. The van der Waals surface area contributed by atoms with Crippen LogP contribution < -0.4 is 5.32 Å². The molecule has 0 aliphatic carbocycles. The second-order valence-electron chi connectivity index (χ2n) is 3.85. The minimum absolute atomic E-state index is 0.226.